The van der Waals surface area contributed by atoms with E-state index in [4.69, 9.17) is 18.9 Å². The molecule has 0 aromatic rings. The van der Waals surface area contributed by atoms with Crippen LogP contribution in [0.4, 0.5) is 0 Å². The van der Waals surface area contributed by atoms with Gasteiger partial charge >= 0.3 is 0 Å². The van der Waals surface area contributed by atoms with Crippen molar-refractivity contribution in [1.82, 2.24) is 4.90 Å². The number of fused-ring (bicyclic) bond motifs is 1. The Hall–Kier alpha value is -0.200. The first-order valence-electron chi connectivity index (χ1n) is 6.09. The Bertz CT molecular complexity index is 251. The zero-order valence-electron chi connectivity index (χ0n) is 11.1. The second-order valence-electron chi connectivity index (χ2n) is 4.78. The fourth-order valence-electron chi connectivity index (χ4n) is 3.30. The first kappa shape index (κ1) is 13.2. The minimum atomic E-state index is 0.0859. The van der Waals surface area contributed by atoms with Crippen LogP contribution in [0.25, 0.3) is 0 Å². The van der Waals surface area contributed by atoms with Crippen LogP contribution >= 0.6 is 0 Å². The highest BCUT2D eigenvalue weighted by Gasteiger charge is 2.53. The van der Waals surface area contributed by atoms with E-state index in [0.29, 0.717) is 18.8 Å². The molecule has 2 saturated heterocycles. The van der Waals surface area contributed by atoms with E-state index in [1.54, 1.807) is 28.4 Å². The summed E-state index contributed by atoms with van der Waals surface area (Å²) in [5.41, 5.74) is 0. The van der Waals surface area contributed by atoms with Gasteiger partial charge in [-0.15, -0.1) is 0 Å². The zero-order chi connectivity index (χ0) is 12.4. The van der Waals surface area contributed by atoms with Crippen LogP contribution in [0.2, 0.25) is 0 Å². The summed E-state index contributed by atoms with van der Waals surface area (Å²) in [5.74, 6) is 0. The highest BCUT2D eigenvalue weighted by Crippen LogP contribution is 2.37. The van der Waals surface area contributed by atoms with Gasteiger partial charge in [-0.25, -0.2) is 0 Å². The van der Waals surface area contributed by atoms with Crippen molar-refractivity contribution < 1.29 is 18.9 Å². The van der Waals surface area contributed by atoms with Gasteiger partial charge in [-0.1, -0.05) is 0 Å². The molecule has 2 aliphatic heterocycles. The van der Waals surface area contributed by atoms with Gasteiger partial charge in [0, 0.05) is 41.0 Å². The predicted octanol–water partition coefficient (Wildman–Crippen LogP) is 0.134. The second-order valence-corrected chi connectivity index (χ2v) is 4.78. The maximum atomic E-state index is 5.62. The molecule has 0 radical (unpaired) electrons. The molecule has 5 nitrogen and oxygen atoms in total. The Kier molecular flexibility index (Phi) is 4.38. The average molecular weight is 245 g/mol. The van der Waals surface area contributed by atoms with Gasteiger partial charge < -0.3 is 18.9 Å². The number of ether oxygens (including phenoxy) is 4. The van der Waals surface area contributed by atoms with Gasteiger partial charge in [-0.2, -0.15) is 0 Å². The predicted molar refractivity (Wildman–Crippen MR) is 63.2 cm³/mol. The van der Waals surface area contributed by atoms with Crippen molar-refractivity contribution in [3.8, 4) is 0 Å². The molecule has 0 aromatic heterocycles. The summed E-state index contributed by atoms with van der Waals surface area (Å²) in [4.78, 5) is 2.42. The fraction of sp³-hybridized carbons (Fsp3) is 1.00. The maximum Gasteiger partial charge on any atom is 0.102 e. The number of hydrogen-bond acceptors (Lipinski definition) is 5. The number of hydrogen-bond donors (Lipinski definition) is 0. The summed E-state index contributed by atoms with van der Waals surface area (Å²) in [6.45, 7) is 1.61. The molecule has 17 heavy (non-hydrogen) atoms. The molecular weight excluding hydrogens is 222 g/mol. The van der Waals surface area contributed by atoms with Crippen molar-refractivity contribution >= 4 is 0 Å². The Morgan fingerprint density at radius 2 is 1.71 bits per heavy atom. The van der Waals surface area contributed by atoms with E-state index in [1.807, 2.05) is 0 Å². The summed E-state index contributed by atoms with van der Waals surface area (Å²) in [6, 6.07) is 0.648. The number of nitrogens with zero attached hydrogens (tertiary/aromatic N) is 1. The largest absolute Gasteiger partial charge is 0.383 e. The first-order chi connectivity index (χ1) is 8.26. The van der Waals surface area contributed by atoms with E-state index < -0.39 is 0 Å². The van der Waals surface area contributed by atoms with Gasteiger partial charge in [0.25, 0.3) is 0 Å². The molecule has 5 atom stereocenters. The van der Waals surface area contributed by atoms with Crippen molar-refractivity contribution in [3.05, 3.63) is 0 Å². The highest BCUT2D eigenvalue weighted by atomic mass is 16.5. The molecule has 5 heteroatoms. The molecule has 2 aliphatic rings. The van der Waals surface area contributed by atoms with E-state index in [0.717, 1.165) is 13.0 Å². The van der Waals surface area contributed by atoms with E-state index in [2.05, 4.69) is 4.90 Å². The Morgan fingerprint density at radius 1 is 1.00 bits per heavy atom. The van der Waals surface area contributed by atoms with E-state index >= 15 is 0 Å². The molecule has 0 bridgehead atoms. The molecule has 0 aromatic carbocycles. The third-order valence-electron chi connectivity index (χ3n) is 4.07. The van der Waals surface area contributed by atoms with Gasteiger partial charge in [0.1, 0.15) is 12.2 Å². The van der Waals surface area contributed by atoms with Crippen LogP contribution in [0.1, 0.15) is 6.42 Å². The molecule has 0 spiro atoms. The third-order valence-corrected chi connectivity index (χ3v) is 4.07. The molecule has 5 unspecified atom stereocenters. The molecule has 2 heterocycles. The summed E-state index contributed by atoms with van der Waals surface area (Å²) < 4.78 is 22.0. The van der Waals surface area contributed by atoms with Gasteiger partial charge in [-0.05, 0) is 6.42 Å². The molecule has 0 aliphatic carbocycles. The summed E-state index contributed by atoms with van der Waals surface area (Å²) in [7, 11) is 7.00. The van der Waals surface area contributed by atoms with E-state index in [-0.39, 0.29) is 18.2 Å². The average Bonchev–Trinajstić information content (AvgIpc) is 2.86. The van der Waals surface area contributed by atoms with Crippen LogP contribution in [0.15, 0.2) is 0 Å². The van der Waals surface area contributed by atoms with Crippen LogP contribution in [0, 0.1) is 0 Å². The molecule has 2 rings (SSSR count). The van der Waals surface area contributed by atoms with Crippen LogP contribution in [-0.2, 0) is 18.9 Å². The Morgan fingerprint density at radius 3 is 2.24 bits per heavy atom. The summed E-state index contributed by atoms with van der Waals surface area (Å²) >= 11 is 0. The highest BCUT2D eigenvalue weighted by molar-refractivity contribution is 5.07. The Balaban J connectivity index is 2.14. The third kappa shape index (κ3) is 2.22. The van der Waals surface area contributed by atoms with Crippen molar-refractivity contribution in [3.63, 3.8) is 0 Å². The molecule has 100 valence electrons. The maximum absolute atomic E-state index is 5.62. The van der Waals surface area contributed by atoms with Crippen LogP contribution < -0.4 is 0 Å². The SMILES string of the molecule is COCC1C(OC)C(OC)C2CC(OC)CN12. The summed E-state index contributed by atoms with van der Waals surface area (Å²) in [5, 5.41) is 0. The molecule has 0 N–H and O–H groups in total. The molecular formula is C12H23NO4. The zero-order valence-corrected chi connectivity index (χ0v) is 11.1. The van der Waals surface area contributed by atoms with E-state index in [9.17, 15) is 0 Å². The minimum absolute atomic E-state index is 0.0859. The monoisotopic (exact) mass is 245 g/mol. The second kappa shape index (κ2) is 5.63. The lowest BCUT2D eigenvalue weighted by Gasteiger charge is -2.26. The fourth-order valence-corrected chi connectivity index (χ4v) is 3.30. The van der Waals surface area contributed by atoms with Crippen LogP contribution in [0.5, 0.6) is 0 Å². The van der Waals surface area contributed by atoms with Gasteiger partial charge in [0.2, 0.25) is 0 Å². The smallest absolute Gasteiger partial charge is 0.102 e. The van der Waals surface area contributed by atoms with Gasteiger partial charge in [0.05, 0.1) is 18.8 Å². The summed E-state index contributed by atoms with van der Waals surface area (Å²) in [6.07, 6.45) is 1.51. The lowest BCUT2D eigenvalue weighted by Crippen LogP contribution is -2.42. The van der Waals surface area contributed by atoms with Crippen molar-refractivity contribution in [2.45, 2.75) is 36.8 Å². The molecule has 0 amide bonds. The molecule has 0 saturated carbocycles. The van der Waals surface area contributed by atoms with Gasteiger partial charge in [0.15, 0.2) is 0 Å². The number of rotatable bonds is 5. The van der Waals surface area contributed by atoms with Crippen LogP contribution in [0.3, 0.4) is 0 Å². The van der Waals surface area contributed by atoms with Crippen molar-refractivity contribution in [1.29, 1.82) is 0 Å². The normalized spacial score (nSPS) is 42.0. The topological polar surface area (TPSA) is 40.2 Å². The van der Waals surface area contributed by atoms with E-state index in [1.165, 1.54) is 0 Å². The standard InChI is InChI=1S/C12H23NO4/c1-14-7-10-12(17-4)11(16-3)9-5-8(15-2)6-13(9)10/h8-12H,5-7H2,1-4H3. The van der Waals surface area contributed by atoms with Crippen LogP contribution in [-0.4, -0.2) is 76.9 Å². The first-order valence-corrected chi connectivity index (χ1v) is 6.09. The minimum Gasteiger partial charge on any atom is -0.383 e. The number of methoxy groups -OCH3 is 4. The van der Waals surface area contributed by atoms with Crippen molar-refractivity contribution in [2.24, 2.45) is 0 Å². The van der Waals surface area contributed by atoms with Crippen molar-refractivity contribution in [2.75, 3.05) is 41.6 Å². The molecule has 2 fully saturated rings. The lowest BCUT2D eigenvalue weighted by molar-refractivity contribution is -0.0438. The lowest BCUT2D eigenvalue weighted by atomic mass is 10.0. The van der Waals surface area contributed by atoms with Gasteiger partial charge in [-0.3, -0.25) is 4.90 Å². The Labute approximate surface area is 103 Å². The quantitative estimate of drug-likeness (QED) is 0.689.